The Morgan fingerprint density at radius 1 is 1.37 bits per heavy atom. The van der Waals surface area contributed by atoms with Crippen molar-refractivity contribution in [2.24, 2.45) is 7.05 Å². The Labute approximate surface area is 155 Å². The van der Waals surface area contributed by atoms with E-state index in [0.29, 0.717) is 30.4 Å². The van der Waals surface area contributed by atoms with Crippen molar-refractivity contribution in [3.8, 4) is 5.88 Å². The lowest BCUT2D eigenvalue weighted by atomic mass is 10.3. The van der Waals surface area contributed by atoms with E-state index in [9.17, 15) is 4.79 Å². The lowest BCUT2D eigenvalue weighted by Gasteiger charge is -2.15. The fourth-order valence-corrected chi connectivity index (χ4v) is 3.04. The van der Waals surface area contributed by atoms with Gasteiger partial charge in [0.15, 0.2) is 5.69 Å². The molecular weight excluding hydrogens is 348 g/mol. The Morgan fingerprint density at radius 3 is 3.00 bits per heavy atom. The zero-order chi connectivity index (χ0) is 18.8. The Balaban J connectivity index is 1.36. The highest BCUT2D eigenvalue weighted by molar-refractivity contribution is 5.92. The molecule has 0 N–H and O–H groups in total. The number of hydrogen-bond acceptors (Lipinski definition) is 7. The van der Waals surface area contributed by atoms with Gasteiger partial charge in [-0.25, -0.2) is 9.67 Å². The van der Waals surface area contributed by atoms with E-state index >= 15 is 0 Å². The third-order valence-corrected chi connectivity index (χ3v) is 4.62. The highest BCUT2D eigenvalue weighted by Crippen LogP contribution is 2.22. The second-order valence-electron chi connectivity index (χ2n) is 6.51. The largest absolute Gasteiger partial charge is 0.470 e. The van der Waals surface area contributed by atoms with Crippen LogP contribution in [0.4, 0.5) is 0 Å². The molecule has 0 aromatic carbocycles. The fraction of sp³-hybridized carbons (Fsp3) is 0.412. The molecule has 140 valence electrons. The monoisotopic (exact) mass is 368 g/mol. The fourth-order valence-electron chi connectivity index (χ4n) is 3.04. The topological polar surface area (TPSA) is 104 Å². The molecule has 0 radical (unpaired) electrons. The number of amides is 1. The van der Waals surface area contributed by atoms with Crippen LogP contribution in [0.15, 0.2) is 30.9 Å². The normalized spacial score (nSPS) is 16.7. The minimum atomic E-state index is -0.0486. The van der Waals surface area contributed by atoms with Crippen LogP contribution in [-0.2, 0) is 13.7 Å². The summed E-state index contributed by atoms with van der Waals surface area (Å²) in [7, 11) is 1.83. The van der Waals surface area contributed by atoms with Crippen LogP contribution in [0.1, 0.15) is 34.3 Å². The summed E-state index contributed by atoms with van der Waals surface area (Å²) in [4.78, 5) is 22.4. The standard InChI is InChI=1S/C17H20N8O2/c1-12-7-15(21-23(12)2)17(26)24-6-3-14(10-24)25-9-13(20-22-25)11-27-16-8-18-4-5-19-16/h4-5,7-9,14H,3,6,10-11H2,1-2H3. The molecule has 10 heteroatoms. The summed E-state index contributed by atoms with van der Waals surface area (Å²) in [6, 6.07) is 1.91. The molecule has 0 spiro atoms. The summed E-state index contributed by atoms with van der Waals surface area (Å²) in [6.45, 7) is 3.45. The van der Waals surface area contributed by atoms with Crippen molar-refractivity contribution in [1.82, 2.24) is 39.6 Å². The third kappa shape index (κ3) is 3.64. The minimum Gasteiger partial charge on any atom is -0.470 e. The Bertz CT molecular complexity index is 916. The molecule has 1 saturated heterocycles. The van der Waals surface area contributed by atoms with E-state index < -0.39 is 0 Å². The van der Waals surface area contributed by atoms with Gasteiger partial charge in [0, 0.05) is 38.2 Å². The summed E-state index contributed by atoms with van der Waals surface area (Å²) in [5.41, 5.74) is 2.14. The zero-order valence-electron chi connectivity index (χ0n) is 15.2. The Kier molecular flexibility index (Phi) is 4.53. The Hall–Kier alpha value is -3.30. The van der Waals surface area contributed by atoms with Gasteiger partial charge >= 0.3 is 0 Å². The average Bonchev–Trinajstić information content (AvgIpc) is 3.41. The zero-order valence-corrected chi connectivity index (χ0v) is 15.2. The van der Waals surface area contributed by atoms with Crippen molar-refractivity contribution in [2.75, 3.05) is 13.1 Å². The van der Waals surface area contributed by atoms with Gasteiger partial charge in [0.05, 0.1) is 18.4 Å². The highest BCUT2D eigenvalue weighted by Gasteiger charge is 2.30. The van der Waals surface area contributed by atoms with Crippen LogP contribution in [0.5, 0.6) is 5.88 Å². The SMILES string of the molecule is Cc1cc(C(=O)N2CCC(n3cc(COc4cnccn4)nn3)C2)nn1C. The molecule has 4 heterocycles. The maximum atomic E-state index is 12.6. The van der Waals surface area contributed by atoms with E-state index in [-0.39, 0.29) is 18.6 Å². The van der Waals surface area contributed by atoms with Gasteiger partial charge in [-0.2, -0.15) is 5.10 Å². The lowest BCUT2D eigenvalue weighted by molar-refractivity contribution is 0.0780. The van der Waals surface area contributed by atoms with Crippen LogP contribution in [0.25, 0.3) is 0 Å². The Morgan fingerprint density at radius 2 is 2.26 bits per heavy atom. The van der Waals surface area contributed by atoms with Crippen molar-refractivity contribution < 1.29 is 9.53 Å². The number of likely N-dealkylation sites (tertiary alicyclic amines) is 1. The van der Waals surface area contributed by atoms with Gasteiger partial charge in [0.2, 0.25) is 5.88 Å². The molecule has 10 nitrogen and oxygen atoms in total. The van der Waals surface area contributed by atoms with Crippen LogP contribution in [0.2, 0.25) is 0 Å². The number of carbonyl (C=O) groups is 1. The quantitative estimate of drug-likeness (QED) is 0.655. The number of nitrogens with zero attached hydrogens (tertiary/aromatic N) is 8. The van der Waals surface area contributed by atoms with E-state index in [1.165, 1.54) is 0 Å². The van der Waals surface area contributed by atoms with Crippen LogP contribution in [-0.4, -0.2) is 58.6 Å². The molecule has 3 aromatic heterocycles. The third-order valence-electron chi connectivity index (χ3n) is 4.62. The van der Waals surface area contributed by atoms with Crippen LogP contribution >= 0.6 is 0 Å². The lowest BCUT2D eigenvalue weighted by Crippen LogP contribution is -2.29. The molecule has 27 heavy (non-hydrogen) atoms. The molecule has 0 saturated carbocycles. The molecule has 1 unspecified atom stereocenters. The van der Waals surface area contributed by atoms with Crippen molar-refractivity contribution >= 4 is 5.91 Å². The van der Waals surface area contributed by atoms with E-state index in [2.05, 4.69) is 25.4 Å². The van der Waals surface area contributed by atoms with Gasteiger partial charge in [-0.1, -0.05) is 5.21 Å². The predicted octanol–water partition coefficient (Wildman–Crippen LogP) is 0.776. The van der Waals surface area contributed by atoms with Gasteiger partial charge in [-0.3, -0.25) is 14.5 Å². The summed E-state index contributed by atoms with van der Waals surface area (Å²) in [6.07, 6.45) is 7.37. The molecule has 4 rings (SSSR count). The molecule has 1 fully saturated rings. The maximum Gasteiger partial charge on any atom is 0.274 e. The van der Waals surface area contributed by atoms with Gasteiger partial charge in [0.25, 0.3) is 5.91 Å². The smallest absolute Gasteiger partial charge is 0.274 e. The average molecular weight is 368 g/mol. The number of rotatable bonds is 5. The first-order chi connectivity index (χ1) is 13.1. The predicted molar refractivity (Wildman–Crippen MR) is 93.9 cm³/mol. The van der Waals surface area contributed by atoms with Crippen molar-refractivity contribution in [1.29, 1.82) is 0 Å². The minimum absolute atomic E-state index is 0.0486. The second kappa shape index (κ2) is 7.14. The van der Waals surface area contributed by atoms with Crippen LogP contribution < -0.4 is 4.74 Å². The first-order valence-electron chi connectivity index (χ1n) is 8.69. The summed E-state index contributed by atoms with van der Waals surface area (Å²) >= 11 is 0. The van der Waals surface area contributed by atoms with Crippen molar-refractivity contribution in [3.05, 3.63) is 47.9 Å². The first-order valence-corrected chi connectivity index (χ1v) is 8.69. The number of ether oxygens (including phenoxy) is 1. The van der Waals surface area contributed by atoms with Gasteiger partial charge in [0.1, 0.15) is 12.3 Å². The van der Waals surface area contributed by atoms with E-state index in [0.717, 1.165) is 12.1 Å². The van der Waals surface area contributed by atoms with E-state index in [4.69, 9.17) is 4.74 Å². The number of aromatic nitrogens is 7. The number of carbonyl (C=O) groups excluding carboxylic acids is 1. The van der Waals surface area contributed by atoms with Crippen molar-refractivity contribution in [3.63, 3.8) is 0 Å². The molecule has 3 aromatic rings. The summed E-state index contributed by atoms with van der Waals surface area (Å²) in [5.74, 6) is 0.392. The van der Waals surface area contributed by atoms with Gasteiger partial charge < -0.3 is 9.64 Å². The summed E-state index contributed by atoms with van der Waals surface area (Å²) in [5, 5.41) is 12.6. The molecule has 1 amide bonds. The van der Waals surface area contributed by atoms with E-state index in [1.807, 2.05) is 31.1 Å². The summed E-state index contributed by atoms with van der Waals surface area (Å²) < 4.78 is 9.04. The molecule has 1 atom stereocenters. The van der Waals surface area contributed by atoms with Crippen LogP contribution in [0.3, 0.4) is 0 Å². The molecular formula is C17H20N8O2. The molecule has 0 bridgehead atoms. The van der Waals surface area contributed by atoms with Gasteiger partial charge in [-0.15, -0.1) is 5.10 Å². The molecule has 0 aliphatic carbocycles. The van der Waals surface area contributed by atoms with Crippen LogP contribution in [0, 0.1) is 6.92 Å². The molecule has 1 aliphatic rings. The number of aryl methyl sites for hydroxylation is 2. The molecule has 1 aliphatic heterocycles. The second-order valence-corrected chi connectivity index (χ2v) is 6.51. The first kappa shape index (κ1) is 17.1. The maximum absolute atomic E-state index is 12.6. The van der Waals surface area contributed by atoms with Gasteiger partial charge in [-0.05, 0) is 19.4 Å². The number of hydrogen-bond donors (Lipinski definition) is 0. The van der Waals surface area contributed by atoms with E-state index in [1.54, 1.807) is 28.0 Å². The van der Waals surface area contributed by atoms with Crippen molar-refractivity contribution in [2.45, 2.75) is 26.0 Å². The highest BCUT2D eigenvalue weighted by atomic mass is 16.5.